The summed E-state index contributed by atoms with van der Waals surface area (Å²) < 4.78 is 11.9. The van der Waals surface area contributed by atoms with Crippen molar-refractivity contribution in [2.45, 2.75) is 13.2 Å². The number of rotatable bonds is 7. The Bertz CT molecular complexity index is 250. The number of aliphatic hydroxyl groups excluding tert-OH is 1. The summed E-state index contributed by atoms with van der Waals surface area (Å²) in [5.74, 6) is 0. The molecule has 1 heterocycles. The maximum atomic E-state index is 8.79. The quantitative estimate of drug-likeness (QED) is 0.631. The zero-order chi connectivity index (χ0) is 10.2. The van der Waals surface area contributed by atoms with Crippen molar-refractivity contribution in [3.8, 4) is 0 Å². The standard InChI is InChI=1S/C9H16N2O3/c1-13-4-5-14-3-2-11-7-9(8-12)6-10-11/h6-7,12H,2-5,8H2,1H3. The summed E-state index contributed by atoms with van der Waals surface area (Å²) in [4.78, 5) is 0. The molecule has 0 atom stereocenters. The Morgan fingerprint density at radius 3 is 2.93 bits per heavy atom. The largest absolute Gasteiger partial charge is 0.392 e. The molecular formula is C9H16N2O3. The van der Waals surface area contributed by atoms with E-state index in [0.717, 1.165) is 5.56 Å². The lowest BCUT2D eigenvalue weighted by molar-refractivity contribution is 0.0654. The van der Waals surface area contributed by atoms with Crippen LogP contribution in [0.1, 0.15) is 5.56 Å². The molecule has 0 aliphatic rings. The molecule has 1 aromatic heterocycles. The van der Waals surface area contributed by atoms with Crippen LogP contribution in [0.3, 0.4) is 0 Å². The van der Waals surface area contributed by atoms with Gasteiger partial charge in [-0.05, 0) is 0 Å². The van der Waals surface area contributed by atoms with E-state index >= 15 is 0 Å². The molecule has 0 amide bonds. The Labute approximate surface area is 83.2 Å². The second kappa shape index (κ2) is 6.53. The van der Waals surface area contributed by atoms with Gasteiger partial charge in [-0.15, -0.1) is 0 Å². The molecule has 0 unspecified atom stereocenters. The molecule has 1 N–H and O–H groups in total. The Morgan fingerprint density at radius 1 is 1.43 bits per heavy atom. The highest BCUT2D eigenvalue weighted by molar-refractivity contribution is 5.01. The van der Waals surface area contributed by atoms with Crippen LogP contribution in [-0.2, 0) is 22.6 Å². The fourth-order valence-corrected chi connectivity index (χ4v) is 1.01. The smallest absolute Gasteiger partial charge is 0.0712 e. The molecule has 0 saturated carbocycles. The van der Waals surface area contributed by atoms with Crippen LogP contribution >= 0.6 is 0 Å². The molecule has 0 fully saturated rings. The van der Waals surface area contributed by atoms with Gasteiger partial charge in [-0.2, -0.15) is 5.10 Å². The molecule has 14 heavy (non-hydrogen) atoms. The van der Waals surface area contributed by atoms with Crippen LogP contribution in [0.25, 0.3) is 0 Å². The summed E-state index contributed by atoms with van der Waals surface area (Å²) in [6.45, 7) is 2.55. The molecule has 0 aromatic carbocycles. The lowest BCUT2D eigenvalue weighted by atomic mass is 10.4. The number of aromatic nitrogens is 2. The van der Waals surface area contributed by atoms with E-state index in [4.69, 9.17) is 14.6 Å². The number of hydrogen-bond donors (Lipinski definition) is 1. The topological polar surface area (TPSA) is 56.5 Å². The molecule has 80 valence electrons. The van der Waals surface area contributed by atoms with Crippen LogP contribution in [0.4, 0.5) is 0 Å². The summed E-state index contributed by atoms with van der Waals surface area (Å²) >= 11 is 0. The molecular weight excluding hydrogens is 184 g/mol. The van der Waals surface area contributed by atoms with Crippen LogP contribution in [0.5, 0.6) is 0 Å². The van der Waals surface area contributed by atoms with Gasteiger partial charge in [-0.25, -0.2) is 0 Å². The number of ether oxygens (including phenoxy) is 2. The van der Waals surface area contributed by atoms with Crippen molar-refractivity contribution in [3.63, 3.8) is 0 Å². The van der Waals surface area contributed by atoms with Crippen LogP contribution < -0.4 is 0 Å². The summed E-state index contributed by atoms with van der Waals surface area (Å²) in [6.07, 6.45) is 3.45. The van der Waals surface area contributed by atoms with Crippen LogP contribution in [0, 0.1) is 0 Å². The molecule has 5 heteroatoms. The first-order valence-corrected chi connectivity index (χ1v) is 4.55. The maximum Gasteiger partial charge on any atom is 0.0712 e. The molecule has 1 aromatic rings. The Kier molecular flexibility index (Phi) is 5.21. The molecule has 0 aliphatic carbocycles. The minimum Gasteiger partial charge on any atom is -0.392 e. The van der Waals surface area contributed by atoms with E-state index in [2.05, 4.69) is 5.10 Å². The van der Waals surface area contributed by atoms with Gasteiger partial charge in [0.25, 0.3) is 0 Å². The van der Waals surface area contributed by atoms with E-state index in [1.807, 2.05) is 0 Å². The Balaban J connectivity index is 2.12. The third-order valence-electron chi connectivity index (χ3n) is 1.77. The van der Waals surface area contributed by atoms with E-state index in [1.54, 1.807) is 24.2 Å². The summed E-state index contributed by atoms with van der Waals surface area (Å²) in [7, 11) is 1.64. The highest BCUT2D eigenvalue weighted by Gasteiger charge is 1.96. The predicted molar refractivity (Wildman–Crippen MR) is 50.8 cm³/mol. The minimum atomic E-state index is 0.0323. The van der Waals surface area contributed by atoms with Crippen molar-refractivity contribution >= 4 is 0 Å². The summed E-state index contributed by atoms with van der Waals surface area (Å²) in [5.41, 5.74) is 0.821. The van der Waals surface area contributed by atoms with Crippen LogP contribution in [0.15, 0.2) is 12.4 Å². The number of nitrogens with zero attached hydrogens (tertiary/aromatic N) is 2. The highest BCUT2D eigenvalue weighted by Crippen LogP contribution is 1.96. The second-order valence-electron chi connectivity index (χ2n) is 2.87. The van der Waals surface area contributed by atoms with E-state index in [9.17, 15) is 0 Å². The third-order valence-corrected chi connectivity index (χ3v) is 1.77. The van der Waals surface area contributed by atoms with E-state index < -0.39 is 0 Å². The molecule has 0 spiro atoms. The molecule has 0 radical (unpaired) electrons. The van der Waals surface area contributed by atoms with Crippen molar-refractivity contribution < 1.29 is 14.6 Å². The van der Waals surface area contributed by atoms with E-state index in [0.29, 0.717) is 26.4 Å². The average molecular weight is 200 g/mol. The fourth-order valence-electron chi connectivity index (χ4n) is 1.01. The summed E-state index contributed by atoms with van der Waals surface area (Å²) in [6, 6.07) is 0. The van der Waals surface area contributed by atoms with Gasteiger partial charge in [0, 0.05) is 18.9 Å². The van der Waals surface area contributed by atoms with Crippen molar-refractivity contribution in [1.29, 1.82) is 0 Å². The van der Waals surface area contributed by atoms with E-state index in [-0.39, 0.29) is 6.61 Å². The van der Waals surface area contributed by atoms with Gasteiger partial charge in [0.2, 0.25) is 0 Å². The lowest BCUT2D eigenvalue weighted by Gasteiger charge is -2.03. The van der Waals surface area contributed by atoms with Crippen molar-refractivity contribution in [2.75, 3.05) is 26.9 Å². The van der Waals surface area contributed by atoms with Crippen molar-refractivity contribution in [1.82, 2.24) is 9.78 Å². The highest BCUT2D eigenvalue weighted by atomic mass is 16.5. The molecule has 0 saturated heterocycles. The summed E-state index contributed by atoms with van der Waals surface area (Å²) in [5, 5.41) is 12.8. The third kappa shape index (κ3) is 3.87. The Morgan fingerprint density at radius 2 is 2.29 bits per heavy atom. The first-order valence-electron chi connectivity index (χ1n) is 4.55. The first kappa shape index (κ1) is 11.2. The van der Waals surface area contributed by atoms with Crippen molar-refractivity contribution in [2.24, 2.45) is 0 Å². The monoisotopic (exact) mass is 200 g/mol. The van der Waals surface area contributed by atoms with Gasteiger partial charge in [0.05, 0.1) is 39.2 Å². The maximum absolute atomic E-state index is 8.79. The predicted octanol–water partition coefficient (Wildman–Crippen LogP) is 0.0384. The molecule has 0 bridgehead atoms. The van der Waals surface area contributed by atoms with Gasteiger partial charge in [0.15, 0.2) is 0 Å². The normalized spacial score (nSPS) is 10.7. The zero-order valence-corrected chi connectivity index (χ0v) is 8.35. The van der Waals surface area contributed by atoms with Crippen molar-refractivity contribution in [3.05, 3.63) is 18.0 Å². The zero-order valence-electron chi connectivity index (χ0n) is 8.35. The first-order chi connectivity index (χ1) is 6.86. The van der Waals surface area contributed by atoms with Crippen LogP contribution in [-0.4, -0.2) is 41.8 Å². The molecule has 0 aliphatic heterocycles. The minimum absolute atomic E-state index is 0.0323. The van der Waals surface area contributed by atoms with Crippen LogP contribution in [0.2, 0.25) is 0 Å². The SMILES string of the molecule is COCCOCCn1cc(CO)cn1. The van der Waals surface area contributed by atoms with Gasteiger partial charge in [-0.3, -0.25) is 4.68 Å². The molecule has 5 nitrogen and oxygen atoms in total. The fraction of sp³-hybridized carbons (Fsp3) is 0.667. The second-order valence-corrected chi connectivity index (χ2v) is 2.87. The van der Waals surface area contributed by atoms with Gasteiger partial charge >= 0.3 is 0 Å². The van der Waals surface area contributed by atoms with Gasteiger partial charge < -0.3 is 14.6 Å². The number of aliphatic hydroxyl groups is 1. The average Bonchev–Trinajstić information content (AvgIpc) is 2.65. The molecule has 1 rings (SSSR count). The lowest BCUT2D eigenvalue weighted by Crippen LogP contribution is -2.09. The number of methoxy groups -OCH3 is 1. The van der Waals surface area contributed by atoms with Gasteiger partial charge in [0.1, 0.15) is 0 Å². The number of hydrogen-bond acceptors (Lipinski definition) is 4. The van der Waals surface area contributed by atoms with Gasteiger partial charge in [-0.1, -0.05) is 0 Å². The van der Waals surface area contributed by atoms with E-state index in [1.165, 1.54) is 0 Å². The Hall–Kier alpha value is -0.910.